The fraction of sp³-hybridized carbons (Fsp3) is 0.611. The van der Waals surface area contributed by atoms with E-state index in [2.05, 4.69) is 21.2 Å². The first kappa shape index (κ1) is 14.8. The smallest absolute Gasteiger partial charge is 0.288 e. The van der Waals surface area contributed by atoms with E-state index in [1.807, 2.05) is 16.9 Å². The van der Waals surface area contributed by atoms with Crippen LogP contribution in [0.25, 0.3) is 0 Å². The van der Waals surface area contributed by atoms with E-state index in [9.17, 15) is 0 Å². The summed E-state index contributed by atoms with van der Waals surface area (Å²) in [6.45, 7) is 0. The van der Waals surface area contributed by atoms with Crippen LogP contribution >= 0.6 is 11.8 Å². The van der Waals surface area contributed by atoms with Crippen LogP contribution in [0.4, 0.5) is 0 Å². The van der Waals surface area contributed by atoms with Crippen molar-refractivity contribution in [2.45, 2.75) is 54.8 Å². The highest BCUT2D eigenvalue weighted by Crippen LogP contribution is 2.59. The molecule has 4 aliphatic carbocycles. The predicted octanol–water partition coefficient (Wildman–Crippen LogP) is 2.57. The molecule has 6 rings (SSSR count). The molecule has 0 unspecified atom stereocenters. The highest BCUT2D eigenvalue weighted by atomic mass is 32.2. The Hall–Kier alpha value is -1.56. The molecule has 0 spiro atoms. The number of aromatic nitrogens is 4. The molecule has 4 fully saturated rings. The zero-order chi connectivity index (χ0) is 16.1. The van der Waals surface area contributed by atoms with Crippen molar-refractivity contribution in [1.82, 2.24) is 15.2 Å². The zero-order valence-corrected chi connectivity index (χ0v) is 14.6. The van der Waals surface area contributed by atoms with Crippen LogP contribution < -0.4 is 10.5 Å². The predicted molar refractivity (Wildman–Crippen MR) is 92.6 cm³/mol. The third-order valence-electron chi connectivity index (χ3n) is 6.34. The third-order valence-corrected chi connectivity index (χ3v) is 7.36. The number of H-pyrrole nitrogens is 1. The van der Waals surface area contributed by atoms with Gasteiger partial charge in [0.05, 0.1) is 10.5 Å². The number of hydrogen-bond acceptors (Lipinski definition) is 4. The monoisotopic (exact) mass is 342 g/mol. The van der Waals surface area contributed by atoms with E-state index in [0.29, 0.717) is 0 Å². The van der Waals surface area contributed by atoms with Crippen LogP contribution in [0.1, 0.15) is 49.9 Å². The number of nitrogens with one attached hydrogen (secondary N) is 1. The van der Waals surface area contributed by atoms with Crippen molar-refractivity contribution in [3.63, 3.8) is 0 Å². The molecule has 6 heteroatoms. The third kappa shape index (κ3) is 2.34. The molecule has 0 radical (unpaired) electrons. The fourth-order valence-electron chi connectivity index (χ4n) is 5.81. The molecule has 126 valence electrons. The quantitative estimate of drug-likeness (QED) is 0.509. The Balaban J connectivity index is 1.39. The molecule has 0 aromatic carbocycles. The summed E-state index contributed by atoms with van der Waals surface area (Å²) < 4.78 is 1.84. The van der Waals surface area contributed by atoms with Gasteiger partial charge in [0.25, 0.3) is 5.82 Å². The molecule has 24 heavy (non-hydrogen) atoms. The number of hydrogen-bond donors (Lipinski definition) is 2. The van der Waals surface area contributed by atoms with Gasteiger partial charge in [0.2, 0.25) is 0 Å². The van der Waals surface area contributed by atoms with Gasteiger partial charge in [0.1, 0.15) is 0 Å². The van der Waals surface area contributed by atoms with Gasteiger partial charge in [-0.15, -0.1) is 9.77 Å². The van der Waals surface area contributed by atoms with Crippen molar-refractivity contribution in [3.05, 3.63) is 35.9 Å². The molecule has 4 saturated carbocycles. The summed E-state index contributed by atoms with van der Waals surface area (Å²) >= 11 is 1.68. The molecule has 0 saturated heterocycles. The van der Waals surface area contributed by atoms with Gasteiger partial charge in [-0.3, -0.25) is 10.8 Å². The molecular formula is C18H24N5S+. The highest BCUT2D eigenvalue weighted by Gasteiger charge is 2.55. The Kier molecular flexibility index (Phi) is 3.37. The molecule has 2 heterocycles. The number of thioether (sulfide) groups is 1. The standard InChI is InChI=1S/C18H23N5S/c19-23-16(18-7-13-4-14(8-18)6-15(5-13)9-18)21-22-17(23)24-11-12-2-1-3-20-10-12/h1-3,10,13-15H,4-9,11,19H2/p+1. The lowest BCUT2D eigenvalue weighted by atomic mass is 9.49. The van der Waals surface area contributed by atoms with E-state index in [4.69, 9.17) is 5.84 Å². The molecule has 2 aromatic heterocycles. The first-order valence-electron chi connectivity index (χ1n) is 8.99. The van der Waals surface area contributed by atoms with Crippen molar-refractivity contribution in [1.29, 1.82) is 0 Å². The average Bonchev–Trinajstić information content (AvgIpc) is 2.94. The van der Waals surface area contributed by atoms with E-state index in [1.165, 1.54) is 44.1 Å². The lowest BCUT2D eigenvalue weighted by Crippen LogP contribution is -2.58. The van der Waals surface area contributed by atoms with Gasteiger partial charge in [-0.05, 0) is 79.7 Å². The average molecular weight is 342 g/mol. The maximum Gasteiger partial charge on any atom is 0.358 e. The normalized spacial score (nSPS) is 33.9. The van der Waals surface area contributed by atoms with Crippen LogP contribution in [0, 0.1) is 17.8 Å². The van der Waals surface area contributed by atoms with Crippen LogP contribution in [0.2, 0.25) is 0 Å². The van der Waals surface area contributed by atoms with Crippen molar-refractivity contribution in [2.24, 2.45) is 17.8 Å². The second-order valence-electron chi connectivity index (χ2n) is 8.07. The lowest BCUT2D eigenvalue weighted by Gasteiger charge is -2.54. The van der Waals surface area contributed by atoms with Crippen LogP contribution in [0.3, 0.4) is 0 Å². The van der Waals surface area contributed by atoms with Gasteiger partial charge in [-0.1, -0.05) is 6.07 Å². The Bertz CT molecular complexity index is 706. The van der Waals surface area contributed by atoms with E-state index >= 15 is 0 Å². The van der Waals surface area contributed by atoms with Gasteiger partial charge in [-0.25, -0.2) is 0 Å². The molecule has 5 nitrogen and oxygen atoms in total. The summed E-state index contributed by atoms with van der Waals surface area (Å²) in [5, 5.41) is 8.74. The minimum atomic E-state index is 0.254. The fourth-order valence-corrected chi connectivity index (χ4v) is 6.62. The van der Waals surface area contributed by atoms with Crippen molar-refractivity contribution >= 4 is 11.8 Å². The van der Waals surface area contributed by atoms with Crippen LogP contribution in [-0.2, 0) is 11.2 Å². The van der Waals surface area contributed by atoms with Gasteiger partial charge in [0, 0.05) is 18.1 Å². The van der Waals surface area contributed by atoms with E-state index in [-0.39, 0.29) is 5.41 Å². The number of nitrogens with zero attached hydrogens (tertiary/aromatic N) is 3. The number of pyridine rings is 1. The molecule has 0 atom stereocenters. The number of rotatable bonds is 4. The topological polar surface area (TPSA) is 71.5 Å². The minimum Gasteiger partial charge on any atom is -0.288 e. The number of aromatic amines is 1. The molecule has 0 amide bonds. The summed E-state index contributed by atoms with van der Waals surface area (Å²) in [7, 11) is 0. The maximum absolute atomic E-state index is 6.48. The second-order valence-corrected chi connectivity index (χ2v) is 9.02. The largest absolute Gasteiger partial charge is 0.358 e. The molecular weight excluding hydrogens is 318 g/mol. The number of nitrogens with two attached hydrogens (primary N) is 1. The summed E-state index contributed by atoms with van der Waals surface area (Å²) in [4.78, 5) is 4.17. The first-order chi connectivity index (χ1) is 11.7. The Morgan fingerprint density at radius 3 is 2.54 bits per heavy atom. The van der Waals surface area contributed by atoms with Crippen LogP contribution in [0.5, 0.6) is 0 Å². The van der Waals surface area contributed by atoms with Gasteiger partial charge in [-0.2, -0.15) is 0 Å². The summed E-state index contributed by atoms with van der Waals surface area (Å²) in [5.74, 6) is 11.2. The minimum absolute atomic E-state index is 0.254. The first-order valence-corrected chi connectivity index (χ1v) is 9.98. The van der Waals surface area contributed by atoms with E-state index in [1.54, 1.807) is 18.0 Å². The SMILES string of the molecule is N[n+]1c(SCc2cccnc2)n[nH]c1C12CC3CC(CC(C3)C1)C2. The molecule has 4 bridgehead atoms. The Labute approximate surface area is 146 Å². The van der Waals surface area contributed by atoms with Gasteiger partial charge < -0.3 is 0 Å². The molecule has 0 aliphatic heterocycles. The summed E-state index contributed by atoms with van der Waals surface area (Å²) in [5.41, 5.74) is 1.45. The lowest BCUT2D eigenvalue weighted by molar-refractivity contribution is -0.690. The van der Waals surface area contributed by atoms with Crippen LogP contribution in [-0.4, -0.2) is 15.2 Å². The zero-order valence-electron chi connectivity index (χ0n) is 13.8. The summed E-state index contributed by atoms with van der Waals surface area (Å²) in [6.07, 6.45) is 11.9. The second kappa shape index (κ2) is 5.48. The number of nitrogen functional groups attached to an aromatic ring is 1. The highest BCUT2D eigenvalue weighted by molar-refractivity contribution is 7.98. The van der Waals surface area contributed by atoms with Crippen molar-refractivity contribution in [2.75, 3.05) is 5.84 Å². The molecule has 3 N–H and O–H groups in total. The Morgan fingerprint density at radius 2 is 1.92 bits per heavy atom. The molecule has 4 aliphatic rings. The molecule has 2 aromatic rings. The van der Waals surface area contributed by atoms with Crippen molar-refractivity contribution in [3.8, 4) is 0 Å². The maximum atomic E-state index is 6.48. The Morgan fingerprint density at radius 1 is 1.21 bits per heavy atom. The van der Waals surface area contributed by atoms with Gasteiger partial charge in [0.15, 0.2) is 0 Å². The van der Waals surface area contributed by atoms with E-state index < -0.39 is 0 Å². The van der Waals surface area contributed by atoms with Crippen LogP contribution in [0.15, 0.2) is 29.7 Å². The van der Waals surface area contributed by atoms with Gasteiger partial charge >= 0.3 is 5.16 Å². The van der Waals surface area contributed by atoms with Crippen molar-refractivity contribution < 1.29 is 4.68 Å². The summed E-state index contributed by atoms with van der Waals surface area (Å²) in [6, 6.07) is 4.06. The van der Waals surface area contributed by atoms with E-state index in [0.717, 1.165) is 34.5 Å².